The van der Waals surface area contributed by atoms with Crippen LogP contribution in [0.4, 0.5) is 11.8 Å². The van der Waals surface area contributed by atoms with Gasteiger partial charge in [0, 0.05) is 18.8 Å². The Morgan fingerprint density at radius 1 is 0.727 bits per heavy atom. The van der Waals surface area contributed by atoms with Gasteiger partial charge >= 0.3 is 5.97 Å². The maximum Gasteiger partial charge on any atom is 0.342 e. The summed E-state index contributed by atoms with van der Waals surface area (Å²) in [6, 6.07) is 29.6. The van der Waals surface area contributed by atoms with E-state index in [9.17, 15) is 9.90 Å². The summed E-state index contributed by atoms with van der Waals surface area (Å²) >= 11 is 1.39. The lowest BCUT2D eigenvalue weighted by Gasteiger charge is -2.15. The molecule has 3 aromatic carbocycles. The third-order valence-corrected chi connectivity index (χ3v) is 5.95. The molecule has 0 atom stereocenters. The van der Waals surface area contributed by atoms with Crippen molar-refractivity contribution in [2.45, 2.75) is 23.9 Å². The highest BCUT2D eigenvalue weighted by molar-refractivity contribution is 7.98. The number of nitrogens with zero attached hydrogens (tertiary/aromatic N) is 2. The Kier molecular flexibility index (Phi) is 7.56. The van der Waals surface area contributed by atoms with Crippen molar-refractivity contribution in [1.82, 2.24) is 9.97 Å². The van der Waals surface area contributed by atoms with Crippen LogP contribution in [0.15, 0.2) is 96.0 Å². The number of hydrogen-bond donors (Lipinski definition) is 3. The van der Waals surface area contributed by atoms with E-state index >= 15 is 0 Å². The summed E-state index contributed by atoms with van der Waals surface area (Å²) in [4.78, 5) is 21.3. The van der Waals surface area contributed by atoms with Crippen LogP contribution in [0.3, 0.4) is 0 Å². The SMILES string of the molecule is O=C(O)c1c(NCc2ccccc2)nc(NCc2ccccc2)nc1SCc1ccccc1. The molecule has 0 radical (unpaired) electrons. The van der Waals surface area contributed by atoms with Crippen LogP contribution >= 0.6 is 11.8 Å². The number of anilines is 2. The number of aromatic carboxylic acids is 1. The first-order valence-electron chi connectivity index (χ1n) is 10.6. The van der Waals surface area contributed by atoms with Gasteiger partial charge in [-0.3, -0.25) is 0 Å². The Morgan fingerprint density at radius 3 is 1.79 bits per heavy atom. The summed E-state index contributed by atoms with van der Waals surface area (Å²) in [5.74, 6) is 0.229. The summed E-state index contributed by atoms with van der Waals surface area (Å²) in [6.45, 7) is 0.993. The Bertz CT molecular complexity index is 1120. The van der Waals surface area contributed by atoms with Crippen LogP contribution in [0.2, 0.25) is 0 Å². The van der Waals surface area contributed by atoms with Crippen LogP contribution in [0.1, 0.15) is 27.0 Å². The molecule has 0 unspecified atom stereocenters. The van der Waals surface area contributed by atoms with Gasteiger partial charge in [0.25, 0.3) is 0 Å². The number of benzene rings is 3. The van der Waals surface area contributed by atoms with Crippen molar-refractivity contribution in [3.8, 4) is 0 Å². The number of carbonyl (C=O) groups is 1. The zero-order valence-electron chi connectivity index (χ0n) is 17.9. The summed E-state index contributed by atoms with van der Waals surface area (Å²) in [6.07, 6.45) is 0. The maximum absolute atomic E-state index is 12.2. The number of carboxylic acid groups (broad SMARTS) is 1. The van der Waals surface area contributed by atoms with E-state index < -0.39 is 5.97 Å². The quantitative estimate of drug-likeness (QED) is 0.209. The molecule has 0 saturated carbocycles. The fourth-order valence-corrected chi connectivity index (χ4v) is 4.20. The molecule has 0 aliphatic carbocycles. The van der Waals surface area contributed by atoms with E-state index in [1.807, 2.05) is 91.0 Å². The average Bonchev–Trinajstić information content (AvgIpc) is 2.86. The Labute approximate surface area is 197 Å². The van der Waals surface area contributed by atoms with E-state index in [2.05, 4.69) is 20.6 Å². The smallest absolute Gasteiger partial charge is 0.342 e. The topological polar surface area (TPSA) is 87.1 Å². The third kappa shape index (κ3) is 6.33. The van der Waals surface area contributed by atoms with Crippen molar-refractivity contribution in [1.29, 1.82) is 0 Å². The predicted octanol–water partition coefficient (Wildman–Crippen LogP) is 5.69. The fourth-order valence-electron chi connectivity index (χ4n) is 3.23. The molecular formula is C26H24N4O2S. The van der Waals surface area contributed by atoms with E-state index in [0.717, 1.165) is 16.7 Å². The van der Waals surface area contributed by atoms with E-state index in [-0.39, 0.29) is 5.56 Å². The molecule has 0 saturated heterocycles. The van der Waals surface area contributed by atoms with Gasteiger partial charge in [0.05, 0.1) is 0 Å². The minimum atomic E-state index is -1.06. The van der Waals surface area contributed by atoms with Crippen LogP contribution in [-0.2, 0) is 18.8 Å². The number of hydrogen-bond acceptors (Lipinski definition) is 6. The van der Waals surface area contributed by atoms with Crippen molar-refractivity contribution in [3.05, 3.63) is 113 Å². The Morgan fingerprint density at radius 2 is 1.24 bits per heavy atom. The maximum atomic E-state index is 12.2. The first-order valence-corrected chi connectivity index (χ1v) is 11.6. The molecule has 0 aliphatic rings. The number of thioether (sulfide) groups is 1. The van der Waals surface area contributed by atoms with Gasteiger partial charge in [-0.05, 0) is 16.7 Å². The van der Waals surface area contributed by atoms with Crippen LogP contribution < -0.4 is 10.6 Å². The van der Waals surface area contributed by atoms with Gasteiger partial charge in [-0.25, -0.2) is 9.78 Å². The number of aromatic nitrogens is 2. The molecule has 3 N–H and O–H groups in total. The molecular weight excluding hydrogens is 432 g/mol. The Balaban J connectivity index is 1.62. The molecule has 1 heterocycles. The molecule has 1 aromatic heterocycles. The molecule has 166 valence electrons. The van der Waals surface area contributed by atoms with Crippen molar-refractivity contribution >= 4 is 29.5 Å². The second-order valence-electron chi connectivity index (χ2n) is 7.33. The zero-order valence-corrected chi connectivity index (χ0v) is 18.8. The number of rotatable bonds is 10. The van der Waals surface area contributed by atoms with Gasteiger partial charge in [0.2, 0.25) is 5.95 Å². The lowest BCUT2D eigenvalue weighted by molar-refractivity contribution is 0.0693. The minimum absolute atomic E-state index is 0.0807. The summed E-state index contributed by atoms with van der Waals surface area (Å²) in [5.41, 5.74) is 3.29. The van der Waals surface area contributed by atoms with Crippen LogP contribution in [0.25, 0.3) is 0 Å². The summed E-state index contributed by atoms with van der Waals surface area (Å²) in [5, 5.41) is 16.8. The zero-order chi connectivity index (χ0) is 22.9. The second-order valence-corrected chi connectivity index (χ2v) is 8.30. The molecule has 6 nitrogen and oxygen atoms in total. The summed E-state index contributed by atoms with van der Waals surface area (Å²) < 4.78 is 0. The molecule has 0 spiro atoms. The van der Waals surface area contributed by atoms with E-state index in [1.165, 1.54) is 11.8 Å². The molecule has 0 aliphatic heterocycles. The largest absolute Gasteiger partial charge is 0.477 e. The fraction of sp³-hybridized carbons (Fsp3) is 0.115. The lowest BCUT2D eigenvalue weighted by Crippen LogP contribution is -2.14. The number of carboxylic acids is 1. The standard InChI is InChI=1S/C26H24N4O2S/c31-25(32)22-23(27-16-19-10-4-1-5-11-19)29-26(28-17-20-12-6-2-7-13-20)30-24(22)33-18-21-14-8-3-9-15-21/h1-15H,16-18H2,(H,31,32)(H2,27,28,29,30). The first kappa shape index (κ1) is 22.4. The minimum Gasteiger partial charge on any atom is -0.477 e. The van der Waals surface area contributed by atoms with E-state index in [4.69, 9.17) is 0 Å². The molecule has 0 amide bonds. The van der Waals surface area contributed by atoms with Gasteiger partial charge in [0.1, 0.15) is 16.4 Å². The van der Waals surface area contributed by atoms with Crippen molar-refractivity contribution in [3.63, 3.8) is 0 Å². The average molecular weight is 457 g/mol. The molecule has 7 heteroatoms. The predicted molar refractivity (Wildman–Crippen MR) is 133 cm³/mol. The monoisotopic (exact) mass is 456 g/mol. The van der Waals surface area contributed by atoms with Gasteiger partial charge in [0.15, 0.2) is 0 Å². The van der Waals surface area contributed by atoms with Gasteiger partial charge < -0.3 is 15.7 Å². The second kappa shape index (κ2) is 11.2. The molecule has 0 fully saturated rings. The Hall–Kier alpha value is -3.84. The van der Waals surface area contributed by atoms with Gasteiger partial charge in [-0.1, -0.05) is 91.0 Å². The molecule has 0 bridgehead atoms. The highest BCUT2D eigenvalue weighted by Crippen LogP contribution is 2.30. The van der Waals surface area contributed by atoms with Crippen molar-refractivity contribution < 1.29 is 9.90 Å². The highest BCUT2D eigenvalue weighted by Gasteiger charge is 2.21. The highest BCUT2D eigenvalue weighted by atomic mass is 32.2. The van der Waals surface area contributed by atoms with Crippen LogP contribution in [0, 0.1) is 0 Å². The van der Waals surface area contributed by atoms with Crippen LogP contribution in [-0.4, -0.2) is 21.0 Å². The molecule has 33 heavy (non-hydrogen) atoms. The molecule has 4 aromatic rings. The van der Waals surface area contributed by atoms with Crippen molar-refractivity contribution in [2.75, 3.05) is 10.6 Å². The van der Waals surface area contributed by atoms with Gasteiger partial charge in [-0.15, -0.1) is 11.8 Å². The normalized spacial score (nSPS) is 10.5. The third-order valence-electron chi connectivity index (χ3n) is 4.90. The number of nitrogens with one attached hydrogen (secondary N) is 2. The lowest BCUT2D eigenvalue weighted by atomic mass is 10.2. The summed E-state index contributed by atoms with van der Waals surface area (Å²) in [7, 11) is 0. The van der Waals surface area contributed by atoms with Gasteiger partial charge in [-0.2, -0.15) is 4.98 Å². The van der Waals surface area contributed by atoms with E-state index in [0.29, 0.717) is 35.6 Å². The van der Waals surface area contributed by atoms with Crippen LogP contribution in [0.5, 0.6) is 0 Å². The first-order chi connectivity index (χ1) is 16.2. The van der Waals surface area contributed by atoms with E-state index in [1.54, 1.807) is 0 Å². The van der Waals surface area contributed by atoms with Crippen molar-refractivity contribution in [2.24, 2.45) is 0 Å². The molecule has 4 rings (SSSR count).